The van der Waals surface area contributed by atoms with Gasteiger partial charge in [0.05, 0.1) is 6.67 Å². The van der Waals surface area contributed by atoms with E-state index in [1.165, 1.54) is 0 Å². The summed E-state index contributed by atoms with van der Waals surface area (Å²) in [6.07, 6.45) is -0.123. The fourth-order valence-electron chi connectivity index (χ4n) is 1.10. The Morgan fingerprint density at radius 3 is 2.36 bits per heavy atom. The van der Waals surface area contributed by atoms with E-state index in [-0.39, 0.29) is 12.0 Å². The van der Waals surface area contributed by atoms with Gasteiger partial charge in [0, 0.05) is 11.6 Å². The maximum Gasteiger partial charge on any atom is 0.194 e. The lowest BCUT2D eigenvalue weighted by atomic mass is 10.0. The van der Waals surface area contributed by atoms with Crippen LogP contribution in [0.4, 0.5) is 17.6 Å². The molecule has 78 valence electrons. The molecule has 14 heavy (non-hydrogen) atoms. The summed E-state index contributed by atoms with van der Waals surface area (Å²) in [6.45, 7) is -0.737. The van der Waals surface area contributed by atoms with E-state index in [9.17, 15) is 17.6 Å². The van der Waals surface area contributed by atoms with Crippen molar-refractivity contribution in [1.82, 2.24) is 0 Å². The van der Waals surface area contributed by atoms with Gasteiger partial charge in [-0.3, -0.25) is 4.39 Å². The second-order valence-corrected chi connectivity index (χ2v) is 2.85. The van der Waals surface area contributed by atoms with E-state index in [4.69, 9.17) is 5.73 Å². The van der Waals surface area contributed by atoms with Crippen molar-refractivity contribution < 1.29 is 17.6 Å². The molecule has 1 aromatic rings. The summed E-state index contributed by atoms with van der Waals surface area (Å²) in [4.78, 5) is 0. The Kier molecular flexibility index (Phi) is 3.46. The summed E-state index contributed by atoms with van der Waals surface area (Å²) in [5, 5.41) is 0. The van der Waals surface area contributed by atoms with Gasteiger partial charge in [-0.25, -0.2) is 13.2 Å². The van der Waals surface area contributed by atoms with Crippen LogP contribution in [0.2, 0.25) is 0 Å². The van der Waals surface area contributed by atoms with Crippen LogP contribution >= 0.6 is 0 Å². The molecule has 0 saturated carbocycles. The van der Waals surface area contributed by atoms with Crippen LogP contribution < -0.4 is 5.73 Å². The Labute approximate surface area is 78.5 Å². The maximum atomic E-state index is 13.0. The number of halogens is 4. The van der Waals surface area contributed by atoms with E-state index >= 15 is 0 Å². The molecular weight excluding hydrogens is 198 g/mol. The number of rotatable bonds is 3. The molecule has 1 aromatic carbocycles. The van der Waals surface area contributed by atoms with Gasteiger partial charge in [0.15, 0.2) is 17.5 Å². The topological polar surface area (TPSA) is 26.0 Å². The van der Waals surface area contributed by atoms with Crippen molar-refractivity contribution in [2.45, 2.75) is 12.5 Å². The van der Waals surface area contributed by atoms with Crippen LogP contribution in [0.25, 0.3) is 0 Å². The summed E-state index contributed by atoms with van der Waals surface area (Å²) < 4.78 is 50.1. The molecule has 0 spiro atoms. The fourth-order valence-corrected chi connectivity index (χ4v) is 1.10. The third-order valence-electron chi connectivity index (χ3n) is 1.88. The predicted molar refractivity (Wildman–Crippen MR) is 43.8 cm³/mol. The number of benzene rings is 1. The van der Waals surface area contributed by atoms with Crippen LogP contribution in [0.3, 0.4) is 0 Å². The average molecular weight is 207 g/mol. The van der Waals surface area contributed by atoms with Crippen LogP contribution in [0.15, 0.2) is 12.1 Å². The molecule has 2 N–H and O–H groups in total. The minimum absolute atomic E-state index is 0.123. The largest absolute Gasteiger partial charge is 0.324 e. The van der Waals surface area contributed by atoms with Gasteiger partial charge in [-0.05, 0) is 12.5 Å². The van der Waals surface area contributed by atoms with Crippen LogP contribution in [0.5, 0.6) is 0 Å². The van der Waals surface area contributed by atoms with Crippen molar-refractivity contribution in [3.05, 3.63) is 35.1 Å². The Bertz CT molecular complexity index is 327. The van der Waals surface area contributed by atoms with Gasteiger partial charge < -0.3 is 5.73 Å². The third kappa shape index (κ3) is 2.04. The Balaban J connectivity index is 3.04. The standard InChI is InChI=1S/C9H9F4N/c10-4-3-7(14)5-1-2-6(11)9(13)8(5)12/h1-2,7H,3-4,14H2/t7-/m0/s1. The van der Waals surface area contributed by atoms with Crippen molar-refractivity contribution in [1.29, 1.82) is 0 Å². The van der Waals surface area contributed by atoms with Crippen LogP contribution in [0, 0.1) is 17.5 Å². The first-order chi connectivity index (χ1) is 6.57. The number of hydrogen-bond acceptors (Lipinski definition) is 1. The van der Waals surface area contributed by atoms with Gasteiger partial charge in [0.1, 0.15) is 0 Å². The Hall–Kier alpha value is -1.10. The molecule has 0 unspecified atom stereocenters. The molecule has 5 heteroatoms. The van der Waals surface area contributed by atoms with E-state index in [1.54, 1.807) is 0 Å². The molecule has 0 radical (unpaired) electrons. The fraction of sp³-hybridized carbons (Fsp3) is 0.333. The second kappa shape index (κ2) is 4.41. The quantitative estimate of drug-likeness (QED) is 0.598. The molecular formula is C9H9F4N. The summed E-state index contributed by atoms with van der Waals surface area (Å²) in [6, 6.07) is 0.843. The van der Waals surface area contributed by atoms with Crippen molar-refractivity contribution in [3.8, 4) is 0 Å². The van der Waals surface area contributed by atoms with Gasteiger partial charge in [-0.15, -0.1) is 0 Å². The SMILES string of the molecule is N[C@@H](CCF)c1ccc(F)c(F)c1F. The lowest BCUT2D eigenvalue weighted by Gasteiger charge is -2.11. The minimum atomic E-state index is -1.57. The van der Waals surface area contributed by atoms with Crippen molar-refractivity contribution in [2.24, 2.45) is 5.73 Å². The van der Waals surface area contributed by atoms with Gasteiger partial charge in [-0.2, -0.15) is 0 Å². The highest BCUT2D eigenvalue weighted by molar-refractivity contribution is 5.23. The Morgan fingerprint density at radius 2 is 1.79 bits per heavy atom. The maximum absolute atomic E-state index is 13.0. The first-order valence-corrected chi connectivity index (χ1v) is 4.03. The predicted octanol–water partition coefficient (Wildman–Crippen LogP) is 2.46. The summed E-state index contributed by atoms with van der Waals surface area (Å²) in [5.41, 5.74) is 5.15. The van der Waals surface area contributed by atoms with Crippen molar-refractivity contribution >= 4 is 0 Å². The van der Waals surface area contributed by atoms with Crippen molar-refractivity contribution in [2.75, 3.05) is 6.67 Å². The summed E-state index contributed by atoms with van der Waals surface area (Å²) in [5.74, 6) is -4.19. The molecule has 1 nitrogen and oxygen atoms in total. The van der Waals surface area contributed by atoms with Gasteiger partial charge in [0.25, 0.3) is 0 Å². The molecule has 0 aliphatic carbocycles. The minimum Gasteiger partial charge on any atom is -0.324 e. The first kappa shape index (κ1) is 11.0. The molecule has 0 fully saturated rings. The normalized spacial score (nSPS) is 12.9. The first-order valence-electron chi connectivity index (χ1n) is 4.03. The lowest BCUT2D eigenvalue weighted by Crippen LogP contribution is -2.14. The molecule has 0 amide bonds. The molecule has 0 aromatic heterocycles. The van der Waals surface area contributed by atoms with E-state index in [0.717, 1.165) is 12.1 Å². The smallest absolute Gasteiger partial charge is 0.194 e. The van der Waals surface area contributed by atoms with E-state index in [0.29, 0.717) is 0 Å². The molecule has 0 saturated heterocycles. The zero-order valence-electron chi connectivity index (χ0n) is 7.24. The number of alkyl halides is 1. The zero-order chi connectivity index (χ0) is 10.7. The average Bonchev–Trinajstić information content (AvgIpc) is 2.15. The van der Waals surface area contributed by atoms with Gasteiger partial charge >= 0.3 is 0 Å². The molecule has 0 aliphatic rings. The molecule has 1 rings (SSSR count). The highest BCUT2D eigenvalue weighted by Gasteiger charge is 2.17. The summed E-state index contributed by atoms with van der Waals surface area (Å²) in [7, 11) is 0. The van der Waals surface area contributed by atoms with Gasteiger partial charge in [0.2, 0.25) is 0 Å². The lowest BCUT2D eigenvalue weighted by molar-refractivity contribution is 0.413. The van der Waals surface area contributed by atoms with Crippen LogP contribution in [-0.2, 0) is 0 Å². The molecule has 0 aliphatic heterocycles. The molecule has 0 heterocycles. The number of hydrogen-bond donors (Lipinski definition) is 1. The van der Waals surface area contributed by atoms with Crippen LogP contribution in [0.1, 0.15) is 18.0 Å². The van der Waals surface area contributed by atoms with Crippen molar-refractivity contribution in [3.63, 3.8) is 0 Å². The van der Waals surface area contributed by atoms with E-state index in [2.05, 4.69) is 0 Å². The summed E-state index contributed by atoms with van der Waals surface area (Å²) >= 11 is 0. The molecule has 0 bridgehead atoms. The van der Waals surface area contributed by atoms with Gasteiger partial charge in [-0.1, -0.05) is 6.07 Å². The third-order valence-corrected chi connectivity index (χ3v) is 1.88. The monoisotopic (exact) mass is 207 g/mol. The second-order valence-electron chi connectivity index (χ2n) is 2.85. The molecule has 1 atom stereocenters. The Morgan fingerprint density at radius 1 is 1.14 bits per heavy atom. The van der Waals surface area contributed by atoms with Crippen LogP contribution in [-0.4, -0.2) is 6.67 Å². The van der Waals surface area contributed by atoms with E-state index < -0.39 is 30.2 Å². The highest BCUT2D eigenvalue weighted by Crippen LogP contribution is 2.21. The van der Waals surface area contributed by atoms with E-state index in [1.807, 2.05) is 0 Å². The highest BCUT2D eigenvalue weighted by atomic mass is 19.2. The zero-order valence-corrected chi connectivity index (χ0v) is 7.24. The number of nitrogens with two attached hydrogens (primary N) is 1.